The van der Waals surface area contributed by atoms with Gasteiger partial charge in [0.05, 0.1) is 18.7 Å². The Bertz CT molecular complexity index is 697. The summed E-state index contributed by atoms with van der Waals surface area (Å²) in [5, 5.41) is 6.95. The minimum atomic E-state index is 0.0905. The molecule has 0 radical (unpaired) electrons. The predicted octanol–water partition coefficient (Wildman–Crippen LogP) is 3.74. The molecule has 1 heterocycles. The van der Waals surface area contributed by atoms with E-state index >= 15 is 0 Å². The van der Waals surface area contributed by atoms with Crippen LogP contribution in [0.5, 0.6) is 11.5 Å². The third-order valence-electron chi connectivity index (χ3n) is 3.93. The third kappa shape index (κ3) is 5.11. The Labute approximate surface area is 158 Å². The van der Waals surface area contributed by atoms with Gasteiger partial charge >= 0.3 is 0 Å². The second-order valence-electron chi connectivity index (χ2n) is 5.65. The Morgan fingerprint density at radius 1 is 1.08 bits per heavy atom. The molecule has 25 heavy (non-hydrogen) atoms. The average Bonchev–Trinajstić information content (AvgIpc) is 2.66. The van der Waals surface area contributed by atoms with Crippen molar-refractivity contribution in [2.24, 2.45) is 0 Å². The van der Waals surface area contributed by atoms with Gasteiger partial charge in [0.25, 0.3) is 0 Å². The number of ether oxygens (including phenoxy) is 2. The van der Waals surface area contributed by atoms with Gasteiger partial charge in [0, 0.05) is 18.2 Å². The standard InChI is InChI=1S/C19H22N2O2S2/c1-22-16-9-5-6-10-17(16)23-11-12-25-19-20-15(13-18(24)21-19)14-7-3-2-4-8-14/h2-10,15,19-20H,11-13H2,1H3,(H,21,24). The van der Waals surface area contributed by atoms with E-state index < -0.39 is 0 Å². The highest BCUT2D eigenvalue weighted by Gasteiger charge is 2.24. The molecule has 0 aromatic heterocycles. The summed E-state index contributed by atoms with van der Waals surface area (Å²) in [6.07, 6.45) is 0.828. The number of methoxy groups -OCH3 is 1. The van der Waals surface area contributed by atoms with Gasteiger partial charge in [-0.25, -0.2) is 0 Å². The van der Waals surface area contributed by atoms with E-state index in [-0.39, 0.29) is 11.5 Å². The summed E-state index contributed by atoms with van der Waals surface area (Å²) in [5.74, 6) is 2.37. The number of thiocarbonyl (C=S) groups is 1. The Kier molecular flexibility index (Phi) is 6.55. The molecule has 1 aliphatic heterocycles. The fourth-order valence-electron chi connectivity index (χ4n) is 2.72. The lowest BCUT2D eigenvalue weighted by Crippen LogP contribution is -2.50. The second kappa shape index (κ2) is 9.08. The summed E-state index contributed by atoms with van der Waals surface area (Å²) < 4.78 is 11.1. The van der Waals surface area contributed by atoms with Crippen LogP contribution in [0.2, 0.25) is 0 Å². The Morgan fingerprint density at radius 3 is 2.56 bits per heavy atom. The van der Waals surface area contributed by atoms with E-state index in [1.54, 1.807) is 18.9 Å². The highest BCUT2D eigenvalue weighted by molar-refractivity contribution is 7.99. The first kappa shape index (κ1) is 18.0. The maximum atomic E-state index is 5.82. The van der Waals surface area contributed by atoms with Crippen LogP contribution in [0.4, 0.5) is 0 Å². The van der Waals surface area contributed by atoms with Crippen molar-refractivity contribution < 1.29 is 9.47 Å². The van der Waals surface area contributed by atoms with Gasteiger partial charge in [-0.05, 0) is 17.7 Å². The molecule has 4 nitrogen and oxygen atoms in total. The molecule has 0 bridgehead atoms. The van der Waals surface area contributed by atoms with Crippen molar-refractivity contribution in [3.63, 3.8) is 0 Å². The van der Waals surface area contributed by atoms with Crippen LogP contribution in [0.25, 0.3) is 0 Å². The molecule has 2 aromatic rings. The second-order valence-corrected chi connectivity index (χ2v) is 7.36. The van der Waals surface area contributed by atoms with Gasteiger partial charge in [-0.1, -0.05) is 54.7 Å². The predicted molar refractivity (Wildman–Crippen MR) is 107 cm³/mol. The highest BCUT2D eigenvalue weighted by Crippen LogP contribution is 2.27. The fraction of sp³-hybridized carbons (Fsp3) is 0.316. The number of benzene rings is 2. The van der Waals surface area contributed by atoms with Crippen LogP contribution < -0.4 is 20.1 Å². The first-order valence-corrected chi connectivity index (χ1v) is 9.70. The smallest absolute Gasteiger partial charge is 0.161 e. The minimum absolute atomic E-state index is 0.0905. The quantitative estimate of drug-likeness (QED) is 0.568. The average molecular weight is 375 g/mol. The van der Waals surface area contributed by atoms with Gasteiger partial charge in [0.15, 0.2) is 11.5 Å². The topological polar surface area (TPSA) is 42.5 Å². The molecule has 2 N–H and O–H groups in total. The SMILES string of the molecule is COc1ccccc1OCCSC1NC(=S)CC(c2ccccc2)N1. The zero-order chi connectivity index (χ0) is 17.5. The van der Waals surface area contributed by atoms with Crippen molar-refractivity contribution in [2.75, 3.05) is 19.5 Å². The van der Waals surface area contributed by atoms with Crippen LogP contribution in [0.15, 0.2) is 54.6 Å². The molecule has 2 aromatic carbocycles. The van der Waals surface area contributed by atoms with E-state index in [0.717, 1.165) is 28.7 Å². The number of para-hydroxylation sites is 2. The summed E-state index contributed by atoms with van der Waals surface area (Å²) >= 11 is 7.19. The lowest BCUT2D eigenvalue weighted by atomic mass is 10.0. The normalized spacial score (nSPS) is 20.0. The van der Waals surface area contributed by atoms with Crippen molar-refractivity contribution in [1.29, 1.82) is 0 Å². The zero-order valence-electron chi connectivity index (χ0n) is 14.1. The van der Waals surface area contributed by atoms with Crippen molar-refractivity contribution in [2.45, 2.75) is 18.0 Å². The molecule has 1 fully saturated rings. The molecule has 1 aliphatic rings. The molecule has 3 rings (SSSR count). The lowest BCUT2D eigenvalue weighted by molar-refractivity contribution is 0.313. The lowest BCUT2D eigenvalue weighted by Gasteiger charge is -2.33. The van der Waals surface area contributed by atoms with E-state index in [9.17, 15) is 0 Å². The van der Waals surface area contributed by atoms with Crippen LogP contribution in [0.3, 0.4) is 0 Å². The number of thioether (sulfide) groups is 1. The molecule has 2 atom stereocenters. The Hall–Kier alpha value is -1.76. The summed E-state index contributed by atoms with van der Waals surface area (Å²) in [4.78, 5) is 0.899. The maximum absolute atomic E-state index is 5.82. The molecular formula is C19H22N2O2S2. The van der Waals surface area contributed by atoms with Crippen LogP contribution >= 0.6 is 24.0 Å². The molecule has 0 amide bonds. The first-order chi connectivity index (χ1) is 12.3. The highest BCUT2D eigenvalue weighted by atomic mass is 32.2. The minimum Gasteiger partial charge on any atom is -0.493 e. The van der Waals surface area contributed by atoms with Gasteiger partial charge in [0.2, 0.25) is 0 Å². The van der Waals surface area contributed by atoms with E-state index in [2.05, 4.69) is 34.9 Å². The van der Waals surface area contributed by atoms with Crippen molar-refractivity contribution in [1.82, 2.24) is 10.6 Å². The van der Waals surface area contributed by atoms with Gasteiger partial charge in [0.1, 0.15) is 5.50 Å². The Balaban J connectivity index is 1.48. The summed E-state index contributed by atoms with van der Waals surface area (Å²) in [5.41, 5.74) is 1.36. The third-order valence-corrected chi connectivity index (χ3v) is 5.20. The summed E-state index contributed by atoms with van der Waals surface area (Å²) in [6, 6.07) is 18.4. The van der Waals surface area contributed by atoms with Crippen LogP contribution in [0, 0.1) is 0 Å². The van der Waals surface area contributed by atoms with E-state index in [1.807, 2.05) is 30.3 Å². The van der Waals surface area contributed by atoms with Gasteiger partial charge in [-0.2, -0.15) is 0 Å². The molecule has 0 spiro atoms. The van der Waals surface area contributed by atoms with E-state index in [1.165, 1.54) is 5.56 Å². The first-order valence-electron chi connectivity index (χ1n) is 8.24. The molecular weight excluding hydrogens is 352 g/mol. The van der Waals surface area contributed by atoms with Gasteiger partial charge in [-0.3, -0.25) is 5.32 Å². The molecule has 1 saturated heterocycles. The van der Waals surface area contributed by atoms with E-state index in [0.29, 0.717) is 6.61 Å². The van der Waals surface area contributed by atoms with Crippen LogP contribution in [-0.4, -0.2) is 30.0 Å². The molecule has 6 heteroatoms. The number of nitrogens with one attached hydrogen (secondary N) is 2. The molecule has 132 valence electrons. The van der Waals surface area contributed by atoms with Crippen molar-refractivity contribution in [3.05, 3.63) is 60.2 Å². The summed E-state index contributed by atoms with van der Waals surface area (Å²) in [7, 11) is 1.65. The van der Waals surface area contributed by atoms with Crippen LogP contribution in [0.1, 0.15) is 18.0 Å². The fourth-order valence-corrected chi connectivity index (χ4v) is 3.98. The maximum Gasteiger partial charge on any atom is 0.161 e. The number of hydrogen-bond donors (Lipinski definition) is 2. The summed E-state index contributed by atoms with van der Waals surface area (Å²) in [6.45, 7) is 0.605. The van der Waals surface area contributed by atoms with Crippen molar-refractivity contribution >= 4 is 29.0 Å². The van der Waals surface area contributed by atoms with Gasteiger partial charge in [-0.15, -0.1) is 11.8 Å². The largest absolute Gasteiger partial charge is 0.493 e. The van der Waals surface area contributed by atoms with Crippen LogP contribution in [-0.2, 0) is 0 Å². The Morgan fingerprint density at radius 2 is 1.80 bits per heavy atom. The van der Waals surface area contributed by atoms with Crippen molar-refractivity contribution in [3.8, 4) is 11.5 Å². The molecule has 0 aliphatic carbocycles. The van der Waals surface area contributed by atoms with Gasteiger partial charge < -0.3 is 14.8 Å². The zero-order valence-corrected chi connectivity index (χ0v) is 15.7. The number of hydrogen-bond acceptors (Lipinski definition) is 5. The molecule has 0 saturated carbocycles. The monoisotopic (exact) mass is 374 g/mol. The molecule has 2 unspecified atom stereocenters. The number of rotatable bonds is 7. The van der Waals surface area contributed by atoms with E-state index in [4.69, 9.17) is 21.7 Å².